The highest BCUT2D eigenvalue weighted by atomic mass is 19.1. The molecule has 0 spiro atoms. The van der Waals surface area contributed by atoms with Crippen LogP contribution >= 0.6 is 0 Å². The molecule has 4 heteroatoms. The zero-order valence-electron chi connectivity index (χ0n) is 11.7. The summed E-state index contributed by atoms with van der Waals surface area (Å²) in [5, 5.41) is 8.65. The molecule has 3 nitrogen and oxygen atoms in total. The SMILES string of the molecule is CN(Cc1ccc(C#CCCO)cc1F)C1CCOC1. The molecule has 1 saturated heterocycles. The first-order valence-corrected chi connectivity index (χ1v) is 6.87. The van der Waals surface area contributed by atoms with E-state index in [0.717, 1.165) is 19.6 Å². The van der Waals surface area contributed by atoms with E-state index >= 15 is 0 Å². The molecule has 108 valence electrons. The lowest BCUT2D eigenvalue weighted by atomic mass is 10.1. The molecular formula is C16H20FNO2. The Morgan fingerprint density at radius 3 is 3.00 bits per heavy atom. The monoisotopic (exact) mass is 277 g/mol. The Hall–Kier alpha value is -1.41. The van der Waals surface area contributed by atoms with Gasteiger partial charge < -0.3 is 9.84 Å². The maximum Gasteiger partial charge on any atom is 0.128 e. The van der Waals surface area contributed by atoms with Crippen molar-refractivity contribution in [3.63, 3.8) is 0 Å². The highest BCUT2D eigenvalue weighted by Crippen LogP contribution is 2.16. The maximum absolute atomic E-state index is 14.0. The van der Waals surface area contributed by atoms with Gasteiger partial charge in [-0.1, -0.05) is 17.9 Å². The number of likely N-dealkylation sites (N-methyl/N-ethyl adjacent to an activating group) is 1. The molecule has 1 aromatic rings. The summed E-state index contributed by atoms with van der Waals surface area (Å²) in [7, 11) is 1.99. The van der Waals surface area contributed by atoms with Gasteiger partial charge in [0.2, 0.25) is 0 Å². The predicted octanol–water partition coefficient (Wildman–Crippen LogP) is 1.78. The highest BCUT2D eigenvalue weighted by molar-refractivity contribution is 5.37. The second kappa shape index (κ2) is 7.39. The second-order valence-electron chi connectivity index (χ2n) is 5.01. The van der Waals surface area contributed by atoms with Crippen LogP contribution in [-0.2, 0) is 11.3 Å². The molecule has 0 bridgehead atoms. The van der Waals surface area contributed by atoms with E-state index in [1.54, 1.807) is 6.07 Å². The minimum atomic E-state index is -0.230. The first-order chi connectivity index (χ1) is 9.70. The number of benzene rings is 1. The van der Waals surface area contributed by atoms with Gasteiger partial charge in [0, 0.05) is 36.7 Å². The van der Waals surface area contributed by atoms with Crippen LogP contribution in [-0.4, -0.2) is 42.9 Å². The molecule has 1 unspecified atom stereocenters. The molecule has 2 rings (SSSR count). The number of rotatable bonds is 4. The largest absolute Gasteiger partial charge is 0.395 e. The lowest BCUT2D eigenvalue weighted by Gasteiger charge is -2.23. The number of hydrogen-bond acceptors (Lipinski definition) is 3. The van der Waals surface area contributed by atoms with Crippen molar-refractivity contribution in [3.8, 4) is 11.8 Å². The Morgan fingerprint density at radius 2 is 2.35 bits per heavy atom. The van der Waals surface area contributed by atoms with Crippen LogP contribution in [0.25, 0.3) is 0 Å². The second-order valence-corrected chi connectivity index (χ2v) is 5.01. The topological polar surface area (TPSA) is 32.7 Å². The van der Waals surface area contributed by atoms with E-state index in [2.05, 4.69) is 16.7 Å². The minimum absolute atomic E-state index is 0.0296. The van der Waals surface area contributed by atoms with Gasteiger partial charge in [-0.3, -0.25) is 4.90 Å². The third kappa shape index (κ3) is 4.04. The summed E-state index contributed by atoms with van der Waals surface area (Å²) in [5.74, 6) is 5.40. The van der Waals surface area contributed by atoms with Crippen LogP contribution in [0.5, 0.6) is 0 Å². The lowest BCUT2D eigenvalue weighted by Crippen LogP contribution is -2.31. The molecule has 0 aromatic heterocycles. The molecule has 0 aliphatic carbocycles. The van der Waals surface area contributed by atoms with E-state index in [4.69, 9.17) is 9.84 Å². The first-order valence-electron chi connectivity index (χ1n) is 6.87. The molecule has 1 atom stereocenters. The minimum Gasteiger partial charge on any atom is -0.395 e. The van der Waals surface area contributed by atoms with Crippen LogP contribution in [0, 0.1) is 17.7 Å². The fourth-order valence-electron chi connectivity index (χ4n) is 2.24. The summed E-state index contributed by atoms with van der Waals surface area (Å²) in [6.07, 6.45) is 1.41. The Kier molecular flexibility index (Phi) is 5.54. The molecule has 1 aliphatic rings. The zero-order chi connectivity index (χ0) is 14.4. The number of halogens is 1. The molecule has 0 saturated carbocycles. The third-order valence-electron chi connectivity index (χ3n) is 3.47. The number of nitrogens with zero attached hydrogens (tertiary/aromatic N) is 1. The van der Waals surface area contributed by atoms with Crippen molar-refractivity contribution in [1.82, 2.24) is 4.90 Å². The first kappa shape index (κ1) is 15.0. The number of hydrogen-bond donors (Lipinski definition) is 1. The fourth-order valence-corrected chi connectivity index (χ4v) is 2.24. The van der Waals surface area contributed by atoms with Crippen molar-refractivity contribution in [2.75, 3.05) is 26.9 Å². The summed E-state index contributed by atoms with van der Waals surface area (Å²) in [6.45, 7) is 2.12. The standard InChI is InChI=1S/C16H20FNO2/c1-18(15-7-9-20-12-15)11-14-6-5-13(10-16(14)17)4-2-3-8-19/h5-6,10,15,19H,3,7-9,11-12H2,1H3. The summed E-state index contributed by atoms with van der Waals surface area (Å²) < 4.78 is 19.4. The van der Waals surface area contributed by atoms with Gasteiger partial charge in [-0.2, -0.15) is 0 Å². The average molecular weight is 277 g/mol. The highest BCUT2D eigenvalue weighted by Gasteiger charge is 2.20. The number of aliphatic hydroxyl groups is 1. The summed E-state index contributed by atoms with van der Waals surface area (Å²) >= 11 is 0. The molecule has 0 radical (unpaired) electrons. The van der Waals surface area contributed by atoms with Crippen LogP contribution in [0.3, 0.4) is 0 Å². The molecule has 1 aromatic carbocycles. The van der Waals surface area contributed by atoms with Gasteiger partial charge in [0.25, 0.3) is 0 Å². The van der Waals surface area contributed by atoms with Crippen molar-refractivity contribution in [3.05, 3.63) is 35.1 Å². The summed E-state index contributed by atoms with van der Waals surface area (Å²) in [5.41, 5.74) is 1.32. The van der Waals surface area contributed by atoms with Gasteiger partial charge in [-0.05, 0) is 25.6 Å². The summed E-state index contributed by atoms with van der Waals surface area (Å²) in [4.78, 5) is 2.13. The van der Waals surface area contributed by atoms with Crippen LogP contribution in [0.2, 0.25) is 0 Å². The number of ether oxygens (including phenoxy) is 1. The van der Waals surface area contributed by atoms with Gasteiger partial charge in [0.05, 0.1) is 13.2 Å². The smallest absolute Gasteiger partial charge is 0.128 e. The van der Waals surface area contributed by atoms with Gasteiger partial charge >= 0.3 is 0 Å². The zero-order valence-corrected chi connectivity index (χ0v) is 11.7. The quantitative estimate of drug-likeness (QED) is 0.852. The molecule has 1 aliphatic heterocycles. The van der Waals surface area contributed by atoms with E-state index in [9.17, 15) is 4.39 Å². The predicted molar refractivity (Wildman–Crippen MR) is 75.7 cm³/mol. The van der Waals surface area contributed by atoms with E-state index < -0.39 is 0 Å². The Morgan fingerprint density at radius 1 is 1.50 bits per heavy atom. The Bertz CT molecular complexity index is 501. The molecular weight excluding hydrogens is 257 g/mol. The molecule has 1 heterocycles. The van der Waals surface area contributed by atoms with E-state index in [0.29, 0.717) is 30.1 Å². The van der Waals surface area contributed by atoms with E-state index in [-0.39, 0.29) is 12.4 Å². The van der Waals surface area contributed by atoms with Crippen molar-refractivity contribution < 1.29 is 14.2 Å². The van der Waals surface area contributed by atoms with Crippen LogP contribution in [0.15, 0.2) is 18.2 Å². The van der Waals surface area contributed by atoms with E-state index in [1.165, 1.54) is 6.07 Å². The van der Waals surface area contributed by atoms with Crippen molar-refractivity contribution in [2.45, 2.75) is 25.4 Å². The van der Waals surface area contributed by atoms with Crippen molar-refractivity contribution in [1.29, 1.82) is 0 Å². The molecule has 1 N–H and O–H groups in total. The maximum atomic E-state index is 14.0. The fraction of sp³-hybridized carbons (Fsp3) is 0.500. The van der Waals surface area contributed by atoms with Crippen LogP contribution in [0.1, 0.15) is 24.0 Å². The normalized spacial score (nSPS) is 18.1. The third-order valence-corrected chi connectivity index (χ3v) is 3.47. The summed E-state index contributed by atoms with van der Waals surface area (Å²) in [6, 6.07) is 5.43. The Balaban J connectivity index is 2.00. The number of aliphatic hydroxyl groups excluding tert-OH is 1. The Labute approximate surface area is 119 Å². The van der Waals surface area contributed by atoms with Crippen molar-refractivity contribution >= 4 is 0 Å². The molecule has 20 heavy (non-hydrogen) atoms. The van der Waals surface area contributed by atoms with Crippen LogP contribution in [0.4, 0.5) is 4.39 Å². The van der Waals surface area contributed by atoms with Crippen LogP contribution < -0.4 is 0 Å². The van der Waals surface area contributed by atoms with Gasteiger partial charge in [0.15, 0.2) is 0 Å². The van der Waals surface area contributed by atoms with Gasteiger partial charge in [-0.25, -0.2) is 4.39 Å². The molecule has 0 amide bonds. The van der Waals surface area contributed by atoms with Gasteiger partial charge in [-0.15, -0.1) is 0 Å². The van der Waals surface area contributed by atoms with E-state index in [1.807, 2.05) is 13.1 Å². The van der Waals surface area contributed by atoms with Crippen molar-refractivity contribution in [2.24, 2.45) is 0 Å². The average Bonchev–Trinajstić information content (AvgIpc) is 2.96. The molecule has 1 fully saturated rings. The lowest BCUT2D eigenvalue weighted by molar-refractivity contribution is 0.155. The van der Waals surface area contributed by atoms with Gasteiger partial charge in [0.1, 0.15) is 5.82 Å².